The number of benzene rings is 2. The van der Waals surface area contributed by atoms with E-state index in [1.807, 2.05) is 18.2 Å². The van der Waals surface area contributed by atoms with E-state index in [2.05, 4.69) is 21.4 Å². The third-order valence-electron chi connectivity index (χ3n) is 5.62. The number of para-hydroxylation sites is 1. The van der Waals surface area contributed by atoms with Crippen molar-refractivity contribution >= 4 is 16.7 Å². The summed E-state index contributed by atoms with van der Waals surface area (Å²) in [5.41, 5.74) is 1.77. The van der Waals surface area contributed by atoms with Crippen LogP contribution < -0.4 is 10.1 Å². The molecule has 1 atom stereocenters. The second-order valence-corrected chi connectivity index (χ2v) is 7.31. The summed E-state index contributed by atoms with van der Waals surface area (Å²) < 4.78 is 20.2. The number of fused-ring (bicyclic) bond motifs is 2. The van der Waals surface area contributed by atoms with Crippen LogP contribution in [0.4, 0.5) is 10.2 Å². The highest BCUT2D eigenvalue weighted by Crippen LogP contribution is 2.48. The molecule has 5 rings (SSSR count). The third kappa shape index (κ3) is 2.59. The van der Waals surface area contributed by atoms with E-state index >= 15 is 0 Å². The average Bonchev–Trinajstić information content (AvgIpc) is 3.09. The molecular weight excluding hydrogens is 329 g/mol. The van der Waals surface area contributed by atoms with Crippen molar-refractivity contribution in [3.05, 3.63) is 60.2 Å². The zero-order valence-electron chi connectivity index (χ0n) is 14.4. The fraction of sp³-hybridized carbons (Fsp3) is 0.333. The van der Waals surface area contributed by atoms with Crippen LogP contribution in [0.5, 0.6) is 5.75 Å². The molecule has 2 aliphatic rings. The van der Waals surface area contributed by atoms with Crippen molar-refractivity contribution in [3.63, 3.8) is 0 Å². The molecule has 1 aliphatic heterocycles. The molecule has 4 nitrogen and oxygen atoms in total. The molecule has 1 aliphatic carbocycles. The Morgan fingerprint density at radius 1 is 1.08 bits per heavy atom. The number of anilines is 1. The molecule has 0 radical (unpaired) electrons. The number of ether oxygens (including phenoxy) is 1. The molecule has 1 fully saturated rings. The van der Waals surface area contributed by atoms with Crippen molar-refractivity contribution in [3.8, 4) is 5.75 Å². The van der Waals surface area contributed by atoms with Crippen LogP contribution in [0.2, 0.25) is 0 Å². The molecule has 1 spiro atoms. The zero-order valence-corrected chi connectivity index (χ0v) is 14.4. The smallest absolute Gasteiger partial charge is 0.137 e. The number of aromatic nitrogens is 2. The lowest BCUT2D eigenvalue weighted by Gasteiger charge is -2.40. The van der Waals surface area contributed by atoms with E-state index in [9.17, 15) is 4.39 Å². The van der Waals surface area contributed by atoms with Gasteiger partial charge in [0.25, 0.3) is 0 Å². The number of halogens is 1. The van der Waals surface area contributed by atoms with Gasteiger partial charge in [-0.2, -0.15) is 0 Å². The summed E-state index contributed by atoms with van der Waals surface area (Å²) in [6.45, 7) is 0. The van der Waals surface area contributed by atoms with Gasteiger partial charge in [-0.1, -0.05) is 18.2 Å². The van der Waals surface area contributed by atoms with Gasteiger partial charge in [-0.15, -0.1) is 0 Å². The largest absolute Gasteiger partial charge is 0.487 e. The van der Waals surface area contributed by atoms with Crippen LogP contribution in [0.15, 0.2) is 48.8 Å². The van der Waals surface area contributed by atoms with Crippen LogP contribution in [0, 0.1) is 5.82 Å². The lowest BCUT2D eigenvalue weighted by atomic mass is 9.86. The summed E-state index contributed by atoms with van der Waals surface area (Å²) in [7, 11) is 0. The average molecular weight is 349 g/mol. The minimum Gasteiger partial charge on any atom is -0.487 e. The predicted octanol–water partition coefficient (Wildman–Crippen LogP) is 5.02. The Kier molecular flexibility index (Phi) is 3.55. The summed E-state index contributed by atoms with van der Waals surface area (Å²) in [5.74, 6) is 1.34. The molecule has 2 aromatic carbocycles. The van der Waals surface area contributed by atoms with Gasteiger partial charge >= 0.3 is 0 Å². The summed E-state index contributed by atoms with van der Waals surface area (Å²) in [5, 5.41) is 4.27. The molecule has 132 valence electrons. The predicted molar refractivity (Wildman–Crippen MR) is 98.7 cm³/mol. The van der Waals surface area contributed by atoms with Crippen molar-refractivity contribution in [2.75, 3.05) is 5.32 Å². The number of rotatable bonds is 2. The zero-order chi connectivity index (χ0) is 17.6. The molecule has 1 aromatic heterocycles. The maximum atomic E-state index is 13.8. The first-order valence-electron chi connectivity index (χ1n) is 9.17. The van der Waals surface area contributed by atoms with Crippen molar-refractivity contribution in [2.45, 2.75) is 43.7 Å². The third-order valence-corrected chi connectivity index (χ3v) is 5.62. The highest BCUT2D eigenvalue weighted by molar-refractivity contribution is 5.89. The van der Waals surface area contributed by atoms with Crippen LogP contribution in [0.25, 0.3) is 10.9 Å². The van der Waals surface area contributed by atoms with Gasteiger partial charge in [-0.3, -0.25) is 0 Å². The molecule has 2 heterocycles. The lowest BCUT2D eigenvalue weighted by Crippen LogP contribution is -2.40. The van der Waals surface area contributed by atoms with E-state index in [1.165, 1.54) is 31.3 Å². The van der Waals surface area contributed by atoms with Gasteiger partial charge in [-0.05, 0) is 49.9 Å². The van der Waals surface area contributed by atoms with Crippen molar-refractivity contribution in [2.24, 2.45) is 0 Å². The lowest BCUT2D eigenvalue weighted by molar-refractivity contribution is 0.0453. The fourth-order valence-corrected chi connectivity index (χ4v) is 4.38. The van der Waals surface area contributed by atoms with Crippen LogP contribution in [-0.2, 0) is 0 Å². The van der Waals surface area contributed by atoms with Gasteiger partial charge in [0.2, 0.25) is 0 Å². The highest BCUT2D eigenvalue weighted by atomic mass is 19.1. The van der Waals surface area contributed by atoms with Crippen molar-refractivity contribution < 1.29 is 9.13 Å². The first-order valence-corrected chi connectivity index (χ1v) is 9.17. The van der Waals surface area contributed by atoms with Crippen molar-refractivity contribution in [1.82, 2.24) is 9.97 Å². The van der Waals surface area contributed by atoms with E-state index in [1.54, 1.807) is 6.07 Å². The van der Waals surface area contributed by atoms with Crippen LogP contribution >= 0.6 is 0 Å². The van der Waals surface area contributed by atoms with E-state index < -0.39 is 0 Å². The summed E-state index contributed by atoms with van der Waals surface area (Å²) in [4.78, 5) is 8.65. The summed E-state index contributed by atoms with van der Waals surface area (Å²) in [6.07, 6.45) is 6.99. The van der Waals surface area contributed by atoms with E-state index in [-0.39, 0.29) is 17.5 Å². The van der Waals surface area contributed by atoms with Gasteiger partial charge in [0.1, 0.15) is 29.3 Å². The minimum atomic E-state index is -0.282. The van der Waals surface area contributed by atoms with Gasteiger partial charge in [-0.25, -0.2) is 14.4 Å². The first kappa shape index (κ1) is 15.6. The van der Waals surface area contributed by atoms with Crippen LogP contribution in [-0.4, -0.2) is 15.6 Å². The van der Waals surface area contributed by atoms with Gasteiger partial charge in [0.05, 0.1) is 11.6 Å². The van der Waals surface area contributed by atoms with Gasteiger partial charge in [0, 0.05) is 17.4 Å². The standard InChI is InChI=1S/C21H20FN3O/c22-14-7-8-17-16(11-14)20(24-13-23-17)25-18-12-21(9-3-4-10-21)26-19-6-2-1-5-15(18)19/h1-2,5-8,11,13,18H,3-4,9-10,12H2,(H,23,24,25). The van der Waals surface area contributed by atoms with Crippen molar-refractivity contribution in [1.29, 1.82) is 0 Å². The number of hydrogen-bond acceptors (Lipinski definition) is 4. The van der Waals surface area contributed by atoms with Crippen LogP contribution in [0.3, 0.4) is 0 Å². The Morgan fingerprint density at radius 3 is 2.81 bits per heavy atom. The topological polar surface area (TPSA) is 47.0 Å². The first-order chi connectivity index (χ1) is 12.7. The Labute approximate surface area is 151 Å². The van der Waals surface area contributed by atoms with Crippen LogP contribution in [0.1, 0.15) is 43.7 Å². The minimum absolute atomic E-state index is 0.0828. The normalized spacial score (nSPS) is 20.7. The molecule has 1 unspecified atom stereocenters. The van der Waals surface area contributed by atoms with Gasteiger partial charge < -0.3 is 10.1 Å². The molecule has 0 bridgehead atoms. The van der Waals surface area contributed by atoms with E-state index in [0.29, 0.717) is 11.2 Å². The second kappa shape index (κ2) is 5.94. The molecule has 3 aromatic rings. The molecule has 26 heavy (non-hydrogen) atoms. The molecule has 1 N–H and O–H groups in total. The monoisotopic (exact) mass is 349 g/mol. The molecule has 1 saturated carbocycles. The fourth-order valence-electron chi connectivity index (χ4n) is 4.38. The van der Waals surface area contributed by atoms with Gasteiger partial charge in [0.15, 0.2) is 0 Å². The summed E-state index contributed by atoms with van der Waals surface area (Å²) in [6, 6.07) is 12.9. The number of nitrogens with zero attached hydrogens (tertiary/aromatic N) is 2. The Morgan fingerprint density at radius 2 is 1.92 bits per heavy atom. The quantitative estimate of drug-likeness (QED) is 0.706. The number of hydrogen-bond donors (Lipinski definition) is 1. The number of nitrogens with one attached hydrogen (secondary N) is 1. The Balaban J connectivity index is 1.56. The molecular formula is C21H20FN3O. The maximum Gasteiger partial charge on any atom is 0.137 e. The highest BCUT2D eigenvalue weighted by Gasteiger charge is 2.43. The summed E-state index contributed by atoms with van der Waals surface area (Å²) >= 11 is 0. The van der Waals surface area contributed by atoms with E-state index in [4.69, 9.17) is 4.74 Å². The Hall–Kier alpha value is -2.69. The molecule has 5 heteroatoms. The van der Waals surface area contributed by atoms with E-state index in [0.717, 1.165) is 36.1 Å². The second-order valence-electron chi connectivity index (χ2n) is 7.31. The molecule has 0 saturated heterocycles. The SMILES string of the molecule is Fc1ccc2ncnc(NC3CC4(CCCC4)Oc4ccccc43)c2c1. The maximum absolute atomic E-state index is 13.8. The molecule has 0 amide bonds. The Bertz CT molecular complexity index is 968.